The van der Waals surface area contributed by atoms with Crippen LogP contribution in [-0.4, -0.2) is 30.6 Å². The Morgan fingerprint density at radius 1 is 1.30 bits per heavy atom. The van der Waals surface area contributed by atoms with Crippen LogP contribution in [0.1, 0.15) is 49.1 Å². The first-order chi connectivity index (χ1) is 9.83. The van der Waals surface area contributed by atoms with E-state index in [0.29, 0.717) is 6.04 Å². The molecule has 0 spiro atoms. The molecule has 0 amide bonds. The predicted molar refractivity (Wildman–Crippen MR) is 85.2 cm³/mol. The molecule has 2 aliphatic carbocycles. The molecule has 1 aromatic rings. The summed E-state index contributed by atoms with van der Waals surface area (Å²) in [5.41, 5.74) is 1.59. The fraction of sp³-hybridized carbons (Fsp3) is 0.765. The van der Waals surface area contributed by atoms with Crippen LogP contribution in [0.3, 0.4) is 0 Å². The largest absolute Gasteiger partial charge is 0.312 e. The Morgan fingerprint density at radius 3 is 2.75 bits per heavy atom. The minimum atomic E-state index is 0.618. The maximum Gasteiger partial charge on any atom is 0.0331 e. The molecule has 3 aliphatic rings. The number of fused-ring (bicyclic) bond motifs is 1. The molecule has 2 saturated carbocycles. The summed E-state index contributed by atoms with van der Waals surface area (Å²) in [4.78, 5) is 4.29. The van der Waals surface area contributed by atoms with Crippen molar-refractivity contribution in [3.63, 3.8) is 0 Å². The third-order valence-corrected chi connectivity index (χ3v) is 6.44. The van der Waals surface area contributed by atoms with Crippen molar-refractivity contribution in [2.75, 3.05) is 19.6 Å². The fourth-order valence-electron chi connectivity index (χ4n) is 3.87. The molecule has 1 unspecified atom stereocenters. The zero-order valence-corrected chi connectivity index (χ0v) is 13.3. The maximum absolute atomic E-state index is 3.89. The quantitative estimate of drug-likeness (QED) is 0.863. The van der Waals surface area contributed by atoms with Crippen molar-refractivity contribution in [1.29, 1.82) is 0 Å². The molecule has 2 fully saturated rings. The molecule has 1 atom stereocenters. The number of thiophene rings is 1. The summed E-state index contributed by atoms with van der Waals surface area (Å²) >= 11 is 1.94. The third-order valence-electron chi connectivity index (χ3n) is 5.44. The smallest absolute Gasteiger partial charge is 0.0331 e. The Labute approximate surface area is 126 Å². The summed E-state index contributed by atoms with van der Waals surface area (Å²) in [6.07, 6.45) is 7.17. The zero-order valence-electron chi connectivity index (χ0n) is 12.5. The molecule has 0 saturated heterocycles. The third kappa shape index (κ3) is 2.68. The lowest BCUT2D eigenvalue weighted by molar-refractivity contribution is 0.196. The molecule has 1 aromatic heterocycles. The summed E-state index contributed by atoms with van der Waals surface area (Å²) in [6, 6.07) is 3.81. The van der Waals surface area contributed by atoms with Gasteiger partial charge in [0.25, 0.3) is 0 Å². The Kier molecular flexibility index (Phi) is 3.61. The van der Waals surface area contributed by atoms with Gasteiger partial charge in [0, 0.05) is 36.6 Å². The Hall–Kier alpha value is -0.380. The Bertz CT molecular complexity index is 449. The van der Waals surface area contributed by atoms with E-state index >= 15 is 0 Å². The average Bonchev–Trinajstić information content (AvgIpc) is 3.37. The second-order valence-electron chi connectivity index (χ2n) is 6.92. The van der Waals surface area contributed by atoms with Crippen LogP contribution in [0.2, 0.25) is 0 Å². The Balaban J connectivity index is 1.29. The molecule has 1 aliphatic heterocycles. The van der Waals surface area contributed by atoms with Gasteiger partial charge in [0.15, 0.2) is 0 Å². The first-order valence-corrected chi connectivity index (χ1v) is 9.24. The van der Waals surface area contributed by atoms with Gasteiger partial charge in [-0.15, -0.1) is 11.3 Å². The lowest BCUT2D eigenvalue weighted by atomic mass is 10.0. The van der Waals surface area contributed by atoms with Crippen LogP contribution in [0, 0.1) is 11.8 Å². The second-order valence-corrected chi connectivity index (χ2v) is 7.92. The van der Waals surface area contributed by atoms with E-state index in [4.69, 9.17) is 0 Å². The van der Waals surface area contributed by atoms with E-state index in [1.54, 1.807) is 10.4 Å². The normalized spacial score (nSPS) is 27.0. The van der Waals surface area contributed by atoms with Gasteiger partial charge in [-0.3, -0.25) is 4.90 Å². The molecule has 110 valence electrons. The number of hydrogen-bond acceptors (Lipinski definition) is 3. The molecule has 3 heteroatoms. The van der Waals surface area contributed by atoms with Crippen LogP contribution in [-0.2, 0) is 6.42 Å². The highest BCUT2D eigenvalue weighted by molar-refractivity contribution is 7.10. The molecule has 0 bridgehead atoms. The van der Waals surface area contributed by atoms with Crippen molar-refractivity contribution in [1.82, 2.24) is 10.2 Å². The van der Waals surface area contributed by atoms with Crippen molar-refractivity contribution >= 4 is 11.3 Å². The summed E-state index contributed by atoms with van der Waals surface area (Å²) in [7, 11) is 0. The molecule has 20 heavy (non-hydrogen) atoms. The van der Waals surface area contributed by atoms with Crippen LogP contribution >= 0.6 is 11.3 Å². The molecule has 2 nitrogen and oxygen atoms in total. The SMILES string of the molecule is CC1c2ccsc2CCN1CCNC(C1CC1)C1CC1. The van der Waals surface area contributed by atoms with E-state index in [0.717, 1.165) is 17.9 Å². The van der Waals surface area contributed by atoms with Crippen molar-refractivity contribution < 1.29 is 0 Å². The minimum Gasteiger partial charge on any atom is -0.312 e. The average molecular weight is 290 g/mol. The van der Waals surface area contributed by atoms with Gasteiger partial charge in [0.1, 0.15) is 0 Å². The van der Waals surface area contributed by atoms with Gasteiger partial charge in [-0.25, -0.2) is 0 Å². The summed E-state index contributed by atoms with van der Waals surface area (Å²) in [5, 5.41) is 6.15. The lowest BCUT2D eigenvalue weighted by Gasteiger charge is -2.34. The highest BCUT2D eigenvalue weighted by Gasteiger charge is 2.41. The summed E-state index contributed by atoms with van der Waals surface area (Å²) < 4.78 is 0. The molecule has 0 radical (unpaired) electrons. The van der Waals surface area contributed by atoms with Crippen LogP contribution < -0.4 is 5.32 Å². The van der Waals surface area contributed by atoms with Gasteiger partial charge < -0.3 is 5.32 Å². The van der Waals surface area contributed by atoms with E-state index < -0.39 is 0 Å². The van der Waals surface area contributed by atoms with Gasteiger partial charge in [0.2, 0.25) is 0 Å². The highest BCUT2D eigenvalue weighted by Crippen LogP contribution is 2.44. The standard InChI is InChI=1S/C17H26N2S/c1-12-15-7-11-20-16(15)6-9-19(12)10-8-18-17(13-2-3-13)14-4-5-14/h7,11-14,17-18H,2-6,8-10H2,1H3. The molecular weight excluding hydrogens is 264 g/mol. The molecule has 2 heterocycles. The fourth-order valence-corrected chi connectivity index (χ4v) is 4.83. The number of nitrogens with zero attached hydrogens (tertiary/aromatic N) is 1. The van der Waals surface area contributed by atoms with Crippen molar-refractivity contribution in [3.05, 3.63) is 21.9 Å². The topological polar surface area (TPSA) is 15.3 Å². The number of hydrogen-bond donors (Lipinski definition) is 1. The zero-order chi connectivity index (χ0) is 13.5. The van der Waals surface area contributed by atoms with Crippen LogP contribution in [0.4, 0.5) is 0 Å². The minimum absolute atomic E-state index is 0.618. The van der Waals surface area contributed by atoms with Crippen molar-refractivity contribution in [2.24, 2.45) is 11.8 Å². The molecule has 0 aromatic carbocycles. The van der Waals surface area contributed by atoms with Gasteiger partial charge in [-0.05, 0) is 67.9 Å². The number of nitrogens with one attached hydrogen (secondary N) is 1. The summed E-state index contributed by atoms with van der Waals surface area (Å²) in [6.45, 7) is 6.02. The highest BCUT2D eigenvalue weighted by atomic mass is 32.1. The number of rotatable bonds is 6. The van der Waals surface area contributed by atoms with Gasteiger partial charge in [-0.2, -0.15) is 0 Å². The van der Waals surface area contributed by atoms with E-state index in [1.807, 2.05) is 11.3 Å². The molecule has 1 N–H and O–H groups in total. The van der Waals surface area contributed by atoms with E-state index in [1.165, 1.54) is 51.7 Å². The monoisotopic (exact) mass is 290 g/mol. The first kappa shape index (κ1) is 13.3. The van der Waals surface area contributed by atoms with Gasteiger partial charge in [0.05, 0.1) is 0 Å². The lowest BCUT2D eigenvalue weighted by Crippen LogP contribution is -2.42. The van der Waals surface area contributed by atoms with E-state index in [-0.39, 0.29) is 0 Å². The summed E-state index contributed by atoms with van der Waals surface area (Å²) in [5.74, 6) is 2.04. The first-order valence-electron chi connectivity index (χ1n) is 8.36. The van der Waals surface area contributed by atoms with Crippen molar-refractivity contribution in [2.45, 2.75) is 51.1 Å². The predicted octanol–water partition coefficient (Wildman–Crippen LogP) is 3.45. The van der Waals surface area contributed by atoms with Gasteiger partial charge >= 0.3 is 0 Å². The van der Waals surface area contributed by atoms with E-state index in [9.17, 15) is 0 Å². The molecular formula is C17H26N2S. The van der Waals surface area contributed by atoms with Crippen molar-refractivity contribution in [3.8, 4) is 0 Å². The van der Waals surface area contributed by atoms with E-state index in [2.05, 4.69) is 28.6 Å². The van der Waals surface area contributed by atoms with Crippen LogP contribution in [0.5, 0.6) is 0 Å². The van der Waals surface area contributed by atoms with Crippen LogP contribution in [0.25, 0.3) is 0 Å². The maximum atomic E-state index is 3.89. The second kappa shape index (κ2) is 5.43. The Morgan fingerprint density at radius 2 is 2.05 bits per heavy atom. The van der Waals surface area contributed by atoms with Gasteiger partial charge in [-0.1, -0.05) is 0 Å². The van der Waals surface area contributed by atoms with Crippen LogP contribution in [0.15, 0.2) is 11.4 Å². The molecule has 4 rings (SSSR count).